The van der Waals surface area contributed by atoms with Crippen molar-refractivity contribution in [1.29, 1.82) is 0 Å². The number of carbonyl (C=O) groups is 1. The quantitative estimate of drug-likeness (QED) is 0.500. The van der Waals surface area contributed by atoms with Crippen molar-refractivity contribution in [2.75, 3.05) is 13.1 Å². The van der Waals surface area contributed by atoms with Crippen molar-refractivity contribution in [3.8, 4) is 0 Å². The average Bonchev–Trinajstić information content (AvgIpc) is 3.37. The topological polar surface area (TPSA) is 67.8 Å². The third-order valence-corrected chi connectivity index (χ3v) is 6.12. The first-order valence-electron chi connectivity index (χ1n) is 10.3. The standard InChI is InChI=1S/C22H22F2N6O/c1-13-7-16-4-3-15(10-29(16)9-13)21(31)28-6-5-14(2)17(11-28)19-8-18(20(23)24)27-22-25-12-26-30(19)22/h3-4,7-10,12,14,17,20H,5-6,11H2,1-2H3/t14-,17?/m1/s1. The van der Waals surface area contributed by atoms with Crippen molar-refractivity contribution in [3.63, 3.8) is 0 Å². The molecule has 1 fully saturated rings. The van der Waals surface area contributed by atoms with Gasteiger partial charge in [0.15, 0.2) is 0 Å². The molecule has 1 amide bonds. The highest BCUT2D eigenvalue weighted by molar-refractivity contribution is 5.94. The lowest BCUT2D eigenvalue weighted by Gasteiger charge is -2.37. The predicted octanol–water partition coefficient (Wildman–Crippen LogP) is 3.89. The lowest BCUT2D eigenvalue weighted by Crippen LogP contribution is -2.42. The maximum atomic E-state index is 13.4. The fraction of sp³-hybridized carbons (Fsp3) is 0.364. The summed E-state index contributed by atoms with van der Waals surface area (Å²) in [5.41, 5.74) is 3.05. The molecule has 0 radical (unpaired) electrons. The summed E-state index contributed by atoms with van der Waals surface area (Å²) in [4.78, 5) is 23.0. The van der Waals surface area contributed by atoms with Gasteiger partial charge in [-0.05, 0) is 49.1 Å². The number of fused-ring (bicyclic) bond motifs is 2. The number of piperidine rings is 1. The van der Waals surface area contributed by atoms with E-state index < -0.39 is 6.43 Å². The van der Waals surface area contributed by atoms with E-state index in [1.165, 1.54) is 16.9 Å². The monoisotopic (exact) mass is 424 g/mol. The fourth-order valence-corrected chi connectivity index (χ4v) is 4.43. The summed E-state index contributed by atoms with van der Waals surface area (Å²) in [6, 6.07) is 7.22. The van der Waals surface area contributed by atoms with Gasteiger partial charge < -0.3 is 9.30 Å². The summed E-state index contributed by atoms with van der Waals surface area (Å²) in [6.45, 7) is 5.13. The first-order valence-corrected chi connectivity index (χ1v) is 10.3. The molecule has 0 bridgehead atoms. The first-order chi connectivity index (χ1) is 14.9. The van der Waals surface area contributed by atoms with Crippen molar-refractivity contribution in [2.24, 2.45) is 5.92 Å². The Bertz CT molecular complexity index is 1280. The van der Waals surface area contributed by atoms with Crippen molar-refractivity contribution >= 4 is 17.2 Å². The molecule has 9 heteroatoms. The Balaban J connectivity index is 1.48. The molecular formula is C22H22F2N6O. The lowest BCUT2D eigenvalue weighted by molar-refractivity contribution is 0.0665. The number of alkyl halides is 2. The van der Waals surface area contributed by atoms with Crippen molar-refractivity contribution in [2.45, 2.75) is 32.6 Å². The zero-order valence-corrected chi connectivity index (χ0v) is 17.2. The second-order valence-corrected chi connectivity index (χ2v) is 8.27. The van der Waals surface area contributed by atoms with Gasteiger partial charge in [-0.1, -0.05) is 6.92 Å². The molecule has 0 N–H and O–H groups in total. The minimum Gasteiger partial charge on any atom is -0.338 e. The SMILES string of the molecule is Cc1cc2ccc(C(=O)N3CC[C@@H](C)C(c4cc(C(F)F)nc5ncnn45)C3)cn2c1. The molecule has 0 saturated carbocycles. The molecule has 0 spiro atoms. The Hall–Kier alpha value is -3.36. The third-order valence-electron chi connectivity index (χ3n) is 6.12. The largest absolute Gasteiger partial charge is 0.338 e. The van der Waals surface area contributed by atoms with E-state index in [2.05, 4.69) is 28.1 Å². The van der Waals surface area contributed by atoms with Gasteiger partial charge in [-0.2, -0.15) is 10.1 Å². The van der Waals surface area contributed by atoms with Crippen LogP contribution in [0.1, 0.15) is 53.0 Å². The number of pyridine rings is 1. The highest BCUT2D eigenvalue weighted by Gasteiger charge is 2.33. The maximum Gasteiger partial charge on any atom is 0.280 e. The summed E-state index contributed by atoms with van der Waals surface area (Å²) in [5.74, 6) is 0.124. The molecule has 160 valence electrons. The number of carbonyl (C=O) groups excluding carboxylic acids is 1. The van der Waals surface area contributed by atoms with Gasteiger partial charge in [-0.3, -0.25) is 4.79 Å². The van der Waals surface area contributed by atoms with Gasteiger partial charge in [0.2, 0.25) is 0 Å². The second kappa shape index (κ2) is 7.40. The number of hydrogen-bond acceptors (Lipinski definition) is 4. The first kappa shape index (κ1) is 19.6. The zero-order valence-electron chi connectivity index (χ0n) is 17.2. The normalized spacial score (nSPS) is 19.6. The molecule has 0 aliphatic carbocycles. The van der Waals surface area contributed by atoms with E-state index in [1.807, 2.05) is 35.9 Å². The Morgan fingerprint density at radius 1 is 1.23 bits per heavy atom. The summed E-state index contributed by atoms with van der Waals surface area (Å²) in [6.07, 6.45) is 3.20. The molecule has 2 atom stereocenters. The summed E-state index contributed by atoms with van der Waals surface area (Å²) in [7, 11) is 0. The maximum absolute atomic E-state index is 13.4. The van der Waals surface area contributed by atoms with Crippen LogP contribution in [0.25, 0.3) is 11.3 Å². The number of nitrogens with zero attached hydrogens (tertiary/aromatic N) is 6. The van der Waals surface area contributed by atoms with Gasteiger partial charge in [0.05, 0.1) is 11.3 Å². The predicted molar refractivity (Wildman–Crippen MR) is 110 cm³/mol. The molecule has 0 aromatic carbocycles. The van der Waals surface area contributed by atoms with Crippen LogP contribution >= 0.6 is 0 Å². The van der Waals surface area contributed by atoms with Gasteiger partial charge in [-0.15, -0.1) is 0 Å². The van der Waals surface area contributed by atoms with Gasteiger partial charge in [0.25, 0.3) is 18.1 Å². The Morgan fingerprint density at radius 3 is 2.87 bits per heavy atom. The molecule has 5 rings (SSSR count). The van der Waals surface area contributed by atoms with E-state index in [1.54, 1.807) is 4.90 Å². The molecule has 1 unspecified atom stereocenters. The van der Waals surface area contributed by atoms with E-state index in [0.29, 0.717) is 24.3 Å². The molecule has 1 aliphatic rings. The van der Waals surface area contributed by atoms with E-state index in [-0.39, 0.29) is 29.2 Å². The highest BCUT2D eigenvalue weighted by Crippen LogP contribution is 2.34. The van der Waals surface area contributed by atoms with Crippen LogP contribution in [-0.2, 0) is 0 Å². The van der Waals surface area contributed by atoms with E-state index in [4.69, 9.17) is 0 Å². The summed E-state index contributed by atoms with van der Waals surface area (Å²) < 4.78 is 30.3. The van der Waals surface area contributed by atoms with E-state index >= 15 is 0 Å². The van der Waals surface area contributed by atoms with Gasteiger partial charge >= 0.3 is 0 Å². The Kier molecular flexibility index (Phi) is 4.68. The number of likely N-dealkylation sites (tertiary alicyclic amines) is 1. The van der Waals surface area contributed by atoms with Crippen molar-refractivity contribution < 1.29 is 13.6 Å². The molecule has 4 aromatic rings. The van der Waals surface area contributed by atoms with Crippen LogP contribution in [-0.4, -0.2) is 47.9 Å². The van der Waals surface area contributed by atoms with E-state index in [9.17, 15) is 13.6 Å². The number of amides is 1. The molecule has 4 aromatic heterocycles. The number of rotatable bonds is 3. The van der Waals surface area contributed by atoms with Crippen LogP contribution in [0.5, 0.6) is 0 Å². The van der Waals surface area contributed by atoms with Gasteiger partial charge in [0.1, 0.15) is 12.0 Å². The minimum absolute atomic E-state index is 0.0665. The third kappa shape index (κ3) is 3.43. The highest BCUT2D eigenvalue weighted by atomic mass is 19.3. The second-order valence-electron chi connectivity index (χ2n) is 8.27. The van der Waals surface area contributed by atoms with Crippen LogP contribution < -0.4 is 0 Å². The zero-order chi connectivity index (χ0) is 21.7. The molecular weight excluding hydrogens is 402 g/mol. The number of aryl methyl sites for hydroxylation is 1. The van der Waals surface area contributed by atoms with Crippen molar-refractivity contribution in [1.82, 2.24) is 28.9 Å². The van der Waals surface area contributed by atoms with Crippen LogP contribution in [0.15, 0.2) is 43.0 Å². The van der Waals surface area contributed by atoms with Crippen LogP contribution in [0.2, 0.25) is 0 Å². The molecule has 31 heavy (non-hydrogen) atoms. The fourth-order valence-electron chi connectivity index (χ4n) is 4.43. The van der Waals surface area contributed by atoms with Crippen LogP contribution in [0, 0.1) is 12.8 Å². The average molecular weight is 424 g/mol. The van der Waals surface area contributed by atoms with Crippen molar-refractivity contribution in [3.05, 3.63) is 65.5 Å². The van der Waals surface area contributed by atoms with Gasteiger partial charge in [0, 0.05) is 36.9 Å². The molecule has 5 heterocycles. The summed E-state index contributed by atoms with van der Waals surface area (Å²) in [5, 5.41) is 4.18. The van der Waals surface area contributed by atoms with Gasteiger partial charge in [-0.25, -0.2) is 18.3 Å². The lowest BCUT2D eigenvalue weighted by atomic mass is 9.84. The Labute approximate surface area is 177 Å². The Morgan fingerprint density at radius 2 is 2.06 bits per heavy atom. The molecule has 1 saturated heterocycles. The molecule has 7 nitrogen and oxygen atoms in total. The van der Waals surface area contributed by atoms with E-state index in [0.717, 1.165) is 17.5 Å². The molecule has 1 aliphatic heterocycles. The smallest absolute Gasteiger partial charge is 0.280 e. The minimum atomic E-state index is -2.70. The van der Waals surface area contributed by atoms with Crippen LogP contribution in [0.3, 0.4) is 0 Å². The number of halogens is 2. The summed E-state index contributed by atoms with van der Waals surface area (Å²) >= 11 is 0. The number of aromatic nitrogens is 5. The van der Waals surface area contributed by atoms with Crippen LogP contribution in [0.4, 0.5) is 8.78 Å². The number of hydrogen-bond donors (Lipinski definition) is 0.